The first kappa shape index (κ1) is 24.9. The van der Waals surface area contributed by atoms with Crippen LogP contribution >= 0.6 is 0 Å². The van der Waals surface area contributed by atoms with Crippen LogP contribution in [-0.4, -0.2) is 60.3 Å². The van der Waals surface area contributed by atoms with Gasteiger partial charge in [-0.3, -0.25) is 14.5 Å². The number of ether oxygens (including phenoxy) is 2. The van der Waals surface area contributed by atoms with E-state index < -0.39 is 0 Å². The Morgan fingerprint density at radius 1 is 1.03 bits per heavy atom. The fraction of sp³-hybridized carbons (Fsp3) is 0.464. The second-order valence-electron chi connectivity index (χ2n) is 9.20. The van der Waals surface area contributed by atoms with Crippen LogP contribution in [0.2, 0.25) is 0 Å². The van der Waals surface area contributed by atoms with Gasteiger partial charge < -0.3 is 9.47 Å². The summed E-state index contributed by atoms with van der Waals surface area (Å²) < 4.78 is 10.8. The van der Waals surface area contributed by atoms with Gasteiger partial charge in [0.1, 0.15) is 5.75 Å². The van der Waals surface area contributed by atoms with E-state index in [9.17, 15) is 9.59 Å². The van der Waals surface area contributed by atoms with Gasteiger partial charge >= 0.3 is 5.97 Å². The van der Waals surface area contributed by atoms with Crippen LogP contribution in [0.3, 0.4) is 0 Å². The molecule has 7 heteroatoms. The number of nitrogens with zero attached hydrogens (tertiary/aromatic N) is 3. The number of benzene rings is 2. The van der Waals surface area contributed by atoms with Crippen molar-refractivity contribution in [1.82, 2.24) is 9.91 Å². The summed E-state index contributed by atoms with van der Waals surface area (Å²) in [6, 6.07) is 16.0. The van der Waals surface area contributed by atoms with Crippen LogP contribution in [-0.2, 0) is 14.3 Å². The summed E-state index contributed by atoms with van der Waals surface area (Å²) in [5.41, 5.74) is 4.14. The van der Waals surface area contributed by atoms with E-state index in [2.05, 4.69) is 36.1 Å². The largest absolute Gasteiger partial charge is 0.494 e. The molecule has 186 valence electrons. The van der Waals surface area contributed by atoms with E-state index >= 15 is 0 Å². The van der Waals surface area contributed by atoms with Gasteiger partial charge in [-0.2, -0.15) is 5.10 Å². The minimum atomic E-state index is -0.180. The molecule has 2 aromatic rings. The van der Waals surface area contributed by atoms with Gasteiger partial charge in [-0.25, -0.2) is 5.01 Å². The Morgan fingerprint density at radius 2 is 1.77 bits per heavy atom. The maximum atomic E-state index is 13.5. The maximum absolute atomic E-state index is 13.5. The number of likely N-dealkylation sites (tertiary alicyclic amines) is 1. The second-order valence-corrected chi connectivity index (χ2v) is 9.20. The van der Waals surface area contributed by atoms with E-state index in [0.29, 0.717) is 26.2 Å². The molecular formula is C28H35N3O4. The van der Waals surface area contributed by atoms with Crippen LogP contribution in [0.1, 0.15) is 55.8 Å². The van der Waals surface area contributed by atoms with Crippen LogP contribution in [0.4, 0.5) is 0 Å². The van der Waals surface area contributed by atoms with E-state index in [4.69, 9.17) is 14.6 Å². The quantitative estimate of drug-likeness (QED) is 0.529. The third-order valence-electron chi connectivity index (χ3n) is 6.61. The summed E-state index contributed by atoms with van der Waals surface area (Å²) in [5, 5.41) is 6.44. The fourth-order valence-corrected chi connectivity index (χ4v) is 4.79. The smallest absolute Gasteiger partial charge is 0.310 e. The van der Waals surface area contributed by atoms with Crippen LogP contribution in [0.25, 0.3) is 0 Å². The topological polar surface area (TPSA) is 71.4 Å². The number of hydrazone groups is 1. The van der Waals surface area contributed by atoms with Gasteiger partial charge in [-0.05, 0) is 63.4 Å². The molecule has 0 saturated carbocycles. The molecule has 4 rings (SSSR count). The van der Waals surface area contributed by atoms with Gasteiger partial charge in [0.15, 0.2) is 0 Å². The molecule has 0 radical (unpaired) electrons. The Bertz CT molecular complexity index is 1050. The van der Waals surface area contributed by atoms with E-state index in [0.717, 1.165) is 42.0 Å². The predicted octanol–water partition coefficient (Wildman–Crippen LogP) is 4.35. The van der Waals surface area contributed by atoms with E-state index in [1.165, 1.54) is 5.56 Å². The fourth-order valence-electron chi connectivity index (χ4n) is 4.79. The summed E-state index contributed by atoms with van der Waals surface area (Å²) >= 11 is 0. The molecule has 2 aromatic carbocycles. The minimum Gasteiger partial charge on any atom is -0.494 e. The molecule has 2 aliphatic heterocycles. The van der Waals surface area contributed by atoms with Crippen molar-refractivity contribution in [3.8, 4) is 5.75 Å². The van der Waals surface area contributed by atoms with E-state index in [1.807, 2.05) is 38.1 Å². The van der Waals surface area contributed by atoms with Crippen molar-refractivity contribution in [2.45, 2.75) is 46.1 Å². The molecule has 2 atom stereocenters. The highest BCUT2D eigenvalue weighted by Gasteiger charge is 2.35. The van der Waals surface area contributed by atoms with Crippen LogP contribution in [0.15, 0.2) is 53.6 Å². The molecule has 0 bridgehead atoms. The lowest BCUT2D eigenvalue weighted by atomic mass is 9.97. The molecule has 0 N–H and O–H groups in total. The average molecular weight is 478 g/mol. The van der Waals surface area contributed by atoms with Crippen molar-refractivity contribution in [2.24, 2.45) is 11.0 Å². The highest BCUT2D eigenvalue weighted by atomic mass is 16.5. The molecule has 1 saturated heterocycles. The highest BCUT2D eigenvalue weighted by Crippen LogP contribution is 2.34. The van der Waals surface area contributed by atoms with Gasteiger partial charge in [0, 0.05) is 13.0 Å². The lowest BCUT2D eigenvalue weighted by molar-refractivity contribution is -0.150. The van der Waals surface area contributed by atoms with Gasteiger partial charge in [0.25, 0.3) is 5.91 Å². The predicted molar refractivity (Wildman–Crippen MR) is 135 cm³/mol. The SMILES string of the molecule is CCOC(=O)C1CCCN(CC(=O)N2N=C(c3ccc(C)cc3)CC2c2ccc(OCC)cc2)C1. The Balaban J connectivity index is 1.53. The Labute approximate surface area is 207 Å². The van der Waals surface area contributed by atoms with Crippen LogP contribution in [0.5, 0.6) is 5.75 Å². The standard InChI is InChI=1S/C28H35N3O4/c1-4-34-24-14-12-22(13-15-24)26-17-25(21-10-8-20(3)9-11-21)29-31(26)27(32)19-30-16-6-7-23(18-30)28(33)35-5-2/h8-15,23,26H,4-7,16-19H2,1-3H3. The lowest BCUT2D eigenvalue weighted by Crippen LogP contribution is -2.44. The van der Waals surface area contributed by atoms with Gasteiger partial charge in [-0.1, -0.05) is 42.0 Å². The van der Waals surface area contributed by atoms with Crippen LogP contribution in [0, 0.1) is 12.8 Å². The van der Waals surface area contributed by atoms with E-state index in [-0.39, 0.29) is 30.4 Å². The summed E-state index contributed by atoms with van der Waals surface area (Å²) in [4.78, 5) is 27.8. The van der Waals surface area contributed by atoms with Crippen molar-refractivity contribution in [3.05, 3.63) is 65.2 Å². The minimum absolute atomic E-state index is 0.0597. The van der Waals surface area contributed by atoms with Crippen molar-refractivity contribution < 1.29 is 19.1 Å². The zero-order valence-corrected chi connectivity index (χ0v) is 20.9. The van der Waals surface area contributed by atoms with E-state index in [1.54, 1.807) is 5.01 Å². The van der Waals surface area contributed by atoms with Crippen molar-refractivity contribution in [1.29, 1.82) is 0 Å². The number of piperidine rings is 1. The number of carbonyl (C=O) groups is 2. The molecule has 7 nitrogen and oxygen atoms in total. The molecule has 2 aliphatic rings. The molecule has 0 aliphatic carbocycles. The van der Waals surface area contributed by atoms with Gasteiger partial charge in [-0.15, -0.1) is 0 Å². The Hall–Kier alpha value is -3.19. The number of aryl methyl sites for hydroxylation is 1. The molecular weight excluding hydrogens is 442 g/mol. The second kappa shape index (κ2) is 11.5. The number of amides is 1. The first-order chi connectivity index (χ1) is 17.0. The molecule has 2 unspecified atom stereocenters. The molecule has 1 amide bonds. The number of hydrogen-bond acceptors (Lipinski definition) is 6. The lowest BCUT2D eigenvalue weighted by Gasteiger charge is -2.32. The first-order valence-electron chi connectivity index (χ1n) is 12.6. The average Bonchev–Trinajstić information content (AvgIpc) is 3.31. The maximum Gasteiger partial charge on any atom is 0.310 e. The van der Waals surface area contributed by atoms with Gasteiger partial charge in [0.2, 0.25) is 0 Å². The van der Waals surface area contributed by atoms with Crippen molar-refractivity contribution >= 4 is 17.6 Å². The van der Waals surface area contributed by atoms with Gasteiger partial charge in [0.05, 0.1) is 37.4 Å². The first-order valence-corrected chi connectivity index (χ1v) is 12.6. The normalized spacial score (nSPS) is 20.4. The molecule has 2 heterocycles. The number of rotatable bonds is 8. The van der Waals surface area contributed by atoms with Crippen molar-refractivity contribution in [3.63, 3.8) is 0 Å². The molecule has 0 aromatic heterocycles. The third-order valence-corrected chi connectivity index (χ3v) is 6.61. The summed E-state index contributed by atoms with van der Waals surface area (Å²) in [6.45, 7) is 8.38. The third kappa shape index (κ3) is 6.09. The number of carbonyl (C=O) groups excluding carboxylic acids is 2. The molecule has 35 heavy (non-hydrogen) atoms. The monoisotopic (exact) mass is 477 g/mol. The Morgan fingerprint density at radius 3 is 2.46 bits per heavy atom. The van der Waals surface area contributed by atoms with Crippen LogP contribution < -0.4 is 4.74 Å². The number of esters is 1. The number of hydrogen-bond donors (Lipinski definition) is 0. The summed E-state index contributed by atoms with van der Waals surface area (Å²) in [6.07, 6.45) is 2.32. The Kier molecular flexibility index (Phi) is 8.18. The summed E-state index contributed by atoms with van der Waals surface area (Å²) in [5.74, 6) is 0.405. The molecule has 0 spiro atoms. The van der Waals surface area contributed by atoms with Crippen molar-refractivity contribution in [2.75, 3.05) is 32.8 Å². The summed E-state index contributed by atoms with van der Waals surface area (Å²) in [7, 11) is 0. The molecule has 1 fully saturated rings. The zero-order valence-electron chi connectivity index (χ0n) is 20.9. The zero-order chi connectivity index (χ0) is 24.8. The highest BCUT2D eigenvalue weighted by molar-refractivity contribution is 6.03.